The molecule has 1 amide bonds. The van der Waals surface area contributed by atoms with Gasteiger partial charge in [0.1, 0.15) is 18.3 Å². The molecule has 7 aromatic rings. The zero-order chi connectivity index (χ0) is 35.4. The highest BCUT2D eigenvalue weighted by atomic mass is 28.3. The second-order valence-corrected chi connectivity index (χ2v) is 20.3. The van der Waals surface area contributed by atoms with Gasteiger partial charge in [0.05, 0.1) is 42.8 Å². The molecule has 3 aromatic carbocycles. The van der Waals surface area contributed by atoms with E-state index >= 15 is 0 Å². The predicted molar refractivity (Wildman–Crippen MR) is 203 cm³/mol. The smallest absolute Gasteiger partial charge is 0.407 e. The van der Waals surface area contributed by atoms with Gasteiger partial charge in [0.15, 0.2) is 5.65 Å². The molecule has 1 N–H and O–H groups in total. The predicted octanol–water partition coefficient (Wildman–Crippen LogP) is 8.46. The zero-order valence-corrected chi connectivity index (χ0v) is 30.6. The van der Waals surface area contributed by atoms with Crippen molar-refractivity contribution < 1.29 is 19.4 Å². The average Bonchev–Trinajstić information content (AvgIpc) is 3.87. The molecule has 0 atom stereocenters. The second-order valence-electron chi connectivity index (χ2n) is 14.6. The minimum absolute atomic E-state index is 0.0780. The van der Waals surface area contributed by atoms with Crippen LogP contribution in [0.1, 0.15) is 22.9 Å². The lowest BCUT2D eigenvalue weighted by Crippen LogP contribution is -2.33. The third-order valence-corrected chi connectivity index (χ3v) is 11.8. The quantitative estimate of drug-likeness (QED) is 0.108. The summed E-state index contributed by atoms with van der Waals surface area (Å²) in [5.74, 6) is 1.33. The monoisotopic (exact) mass is 698 g/mol. The Morgan fingerprint density at radius 1 is 0.922 bits per heavy atom. The van der Waals surface area contributed by atoms with Gasteiger partial charge in [-0.2, -0.15) is 0 Å². The summed E-state index contributed by atoms with van der Waals surface area (Å²) in [6.07, 6.45) is 4.72. The summed E-state index contributed by atoms with van der Waals surface area (Å²) in [6, 6.07) is 25.9. The fourth-order valence-electron chi connectivity index (χ4n) is 7.49. The highest BCUT2D eigenvalue weighted by Crippen LogP contribution is 2.45. The van der Waals surface area contributed by atoms with Gasteiger partial charge in [0, 0.05) is 56.9 Å². The first-order valence-corrected chi connectivity index (χ1v) is 21.0. The Hall–Kier alpha value is -5.39. The Kier molecular flexibility index (Phi) is 8.19. The number of methoxy groups -OCH3 is 1. The molecule has 260 valence electrons. The number of imidazole rings is 1. The summed E-state index contributed by atoms with van der Waals surface area (Å²) >= 11 is 0. The van der Waals surface area contributed by atoms with Crippen molar-refractivity contribution in [1.29, 1.82) is 0 Å². The van der Waals surface area contributed by atoms with E-state index < -0.39 is 14.2 Å². The number of aryl methyl sites for hydroxylation is 1. The molecule has 0 spiro atoms. The van der Waals surface area contributed by atoms with E-state index in [9.17, 15) is 9.90 Å². The minimum Gasteiger partial charge on any atom is -0.497 e. The molecular formula is C40H42N6O4Si. The molecule has 8 rings (SSSR count). The number of rotatable bonds is 11. The van der Waals surface area contributed by atoms with E-state index in [1.807, 2.05) is 48.0 Å². The Morgan fingerprint density at radius 3 is 2.31 bits per heavy atom. The van der Waals surface area contributed by atoms with Crippen molar-refractivity contribution in [1.82, 2.24) is 28.4 Å². The molecule has 4 heterocycles. The summed E-state index contributed by atoms with van der Waals surface area (Å²) in [7, 11) is 2.42. The molecule has 51 heavy (non-hydrogen) atoms. The van der Waals surface area contributed by atoms with E-state index in [1.165, 1.54) is 4.90 Å². The van der Waals surface area contributed by atoms with Gasteiger partial charge in [0.2, 0.25) is 0 Å². The number of fused-ring (bicyclic) bond motifs is 7. The third kappa shape index (κ3) is 5.85. The Morgan fingerprint density at radius 2 is 1.63 bits per heavy atom. The normalized spacial score (nSPS) is 13.0. The molecule has 0 radical (unpaired) electrons. The summed E-state index contributed by atoms with van der Waals surface area (Å²) in [5.41, 5.74) is 10.0. The largest absolute Gasteiger partial charge is 0.497 e. The first-order valence-electron chi connectivity index (χ1n) is 17.3. The van der Waals surface area contributed by atoms with Gasteiger partial charge in [-0.1, -0.05) is 68.2 Å². The van der Waals surface area contributed by atoms with E-state index in [0.717, 1.165) is 72.9 Å². The Balaban J connectivity index is 1.22. The zero-order valence-electron chi connectivity index (χ0n) is 29.6. The van der Waals surface area contributed by atoms with Crippen LogP contribution in [0.4, 0.5) is 4.79 Å². The molecular weight excluding hydrogens is 657 g/mol. The molecule has 0 saturated carbocycles. The summed E-state index contributed by atoms with van der Waals surface area (Å²) in [5, 5.41) is 11.6. The van der Waals surface area contributed by atoms with Crippen molar-refractivity contribution >= 4 is 41.8 Å². The maximum absolute atomic E-state index is 12.9. The second kappa shape index (κ2) is 12.7. The minimum atomic E-state index is -1.30. The SMILES string of the molecule is COc1ccc2c(c1)c(-c1cc3c(ncc4cnc(CN(CC5c6ccccc6-c6ccccc65)C(=O)O)n43)n1COCC[Si](C)(C)C)cn2C. The summed E-state index contributed by atoms with van der Waals surface area (Å²) in [6.45, 7) is 8.45. The first-order chi connectivity index (χ1) is 24.6. The molecule has 11 heteroatoms. The van der Waals surface area contributed by atoms with Crippen molar-refractivity contribution in [3.8, 4) is 28.1 Å². The lowest BCUT2D eigenvalue weighted by Gasteiger charge is -2.24. The number of benzene rings is 3. The highest BCUT2D eigenvalue weighted by molar-refractivity contribution is 6.76. The Labute approximate surface area is 297 Å². The summed E-state index contributed by atoms with van der Waals surface area (Å²) in [4.78, 5) is 24.1. The fourth-order valence-corrected chi connectivity index (χ4v) is 8.24. The number of hydrogen-bond acceptors (Lipinski definition) is 5. The van der Waals surface area contributed by atoms with E-state index in [2.05, 4.69) is 77.4 Å². The van der Waals surface area contributed by atoms with Crippen molar-refractivity contribution in [2.45, 2.75) is 44.9 Å². The van der Waals surface area contributed by atoms with Crippen LogP contribution < -0.4 is 4.74 Å². The van der Waals surface area contributed by atoms with Gasteiger partial charge in [-0.05, 0) is 52.6 Å². The standard InChI is InChI=1S/C40H42N6O4Si/c1-43-22-34(32-18-27(49-2)14-15-35(32)43)36-19-37-39(45(36)25-50-16-17-51(3,4)5)42-21-26-20-41-38(46(26)37)24-44(40(47)48)23-33-30-12-8-6-10-28(30)29-11-7-9-13-31(29)33/h6-15,18-22,33H,16-17,23-25H2,1-5H3,(H,47,48). The van der Waals surface area contributed by atoms with Gasteiger partial charge in [0.25, 0.3) is 0 Å². The highest BCUT2D eigenvalue weighted by Gasteiger charge is 2.32. The van der Waals surface area contributed by atoms with Gasteiger partial charge in [-0.15, -0.1) is 0 Å². The molecule has 4 aromatic heterocycles. The van der Waals surface area contributed by atoms with E-state index in [1.54, 1.807) is 13.3 Å². The number of ether oxygens (including phenoxy) is 2. The number of carboxylic acid groups (broad SMARTS) is 1. The van der Waals surface area contributed by atoms with Crippen LogP contribution in [0.3, 0.4) is 0 Å². The number of hydrogen-bond donors (Lipinski definition) is 1. The molecule has 0 aliphatic heterocycles. The molecule has 0 bridgehead atoms. The van der Waals surface area contributed by atoms with Crippen LogP contribution in [-0.4, -0.2) is 67.9 Å². The number of nitrogens with zero attached hydrogens (tertiary/aromatic N) is 6. The van der Waals surface area contributed by atoms with E-state index in [0.29, 0.717) is 25.7 Å². The molecule has 10 nitrogen and oxygen atoms in total. The average molecular weight is 699 g/mol. The van der Waals surface area contributed by atoms with E-state index in [4.69, 9.17) is 19.4 Å². The van der Waals surface area contributed by atoms with Crippen molar-refractivity contribution in [3.05, 3.63) is 108 Å². The van der Waals surface area contributed by atoms with Crippen LogP contribution in [0.2, 0.25) is 25.7 Å². The van der Waals surface area contributed by atoms with Gasteiger partial charge >= 0.3 is 6.09 Å². The molecule has 1 aliphatic rings. The maximum atomic E-state index is 12.9. The number of amides is 1. The molecule has 0 saturated heterocycles. The molecule has 0 fully saturated rings. The van der Waals surface area contributed by atoms with Gasteiger partial charge < -0.3 is 19.1 Å². The van der Waals surface area contributed by atoms with Crippen LogP contribution in [0.15, 0.2) is 91.4 Å². The first kappa shape index (κ1) is 32.8. The van der Waals surface area contributed by atoms with Gasteiger partial charge in [-0.3, -0.25) is 13.9 Å². The van der Waals surface area contributed by atoms with Crippen molar-refractivity contribution in [2.75, 3.05) is 20.3 Å². The lowest BCUT2D eigenvalue weighted by molar-refractivity contribution is 0.0909. The van der Waals surface area contributed by atoms with Crippen LogP contribution >= 0.6 is 0 Å². The molecule has 1 aliphatic carbocycles. The van der Waals surface area contributed by atoms with Gasteiger partial charge in [-0.25, -0.2) is 14.8 Å². The Bertz CT molecular complexity index is 2390. The lowest BCUT2D eigenvalue weighted by atomic mass is 9.96. The van der Waals surface area contributed by atoms with Crippen LogP contribution in [0, 0.1) is 0 Å². The fraction of sp³-hybridized carbons (Fsp3) is 0.275. The number of carbonyl (C=O) groups is 1. The topological polar surface area (TPSA) is 99.1 Å². The third-order valence-electron chi connectivity index (χ3n) is 10.1. The number of aromatic nitrogens is 5. The van der Waals surface area contributed by atoms with Crippen molar-refractivity contribution in [3.63, 3.8) is 0 Å². The van der Waals surface area contributed by atoms with Crippen LogP contribution in [0.25, 0.3) is 50.0 Å². The van der Waals surface area contributed by atoms with Crippen LogP contribution in [0.5, 0.6) is 5.75 Å². The molecule has 0 unspecified atom stereocenters. The van der Waals surface area contributed by atoms with Crippen LogP contribution in [-0.2, 0) is 25.1 Å². The van der Waals surface area contributed by atoms with E-state index in [-0.39, 0.29) is 12.5 Å². The van der Waals surface area contributed by atoms with Crippen molar-refractivity contribution in [2.24, 2.45) is 7.05 Å². The maximum Gasteiger partial charge on any atom is 0.407 e. The summed E-state index contributed by atoms with van der Waals surface area (Å²) < 4.78 is 18.3.